The topological polar surface area (TPSA) is 36.3 Å². The van der Waals surface area contributed by atoms with Gasteiger partial charge >= 0.3 is 6.18 Å². The SMILES string of the molecule is FC(F)(F)c1ccc(OCC(Cn2ccnc2)OCc2ccc(Cl)cc2Cl)cc1. The lowest BCUT2D eigenvalue weighted by atomic mass is 10.2. The first-order chi connectivity index (χ1) is 13.8. The summed E-state index contributed by atoms with van der Waals surface area (Å²) in [5.74, 6) is 0.321. The van der Waals surface area contributed by atoms with Crippen LogP contribution in [0.5, 0.6) is 5.75 Å². The van der Waals surface area contributed by atoms with E-state index in [4.69, 9.17) is 32.7 Å². The zero-order valence-electron chi connectivity index (χ0n) is 15.1. The molecule has 1 atom stereocenters. The molecule has 9 heteroatoms. The van der Waals surface area contributed by atoms with Crippen LogP contribution in [0.15, 0.2) is 61.2 Å². The van der Waals surface area contributed by atoms with Crippen LogP contribution in [0.25, 0.3) is 0 Å². The highest BCUT2D eigenvalue weighted by Gasteiger charge is 2.30. The summed E-state index contributed by atoms with van der Waals surface area (Å²) in [5, 5.41) is 1.02. The van der Waals surface area contributed by atoms with Crippen LogP contribution >= 0.6 is 23.2 Å². The number of hydrogen-bond donors (Lipinski definition) is 0. The monoisotopic (exact) mass is 444 g/mol. The van der Waals surface area contributed by atoms with E-state index in [0.29, 0.717) is 22.3 Å². The number of nitrogens with zero attached hydrogens (tertiary/aromatic N) is 2. The largest absolute Gasteiger partial charge is 0.491 e. The van der Waals surface area contributed by atoms with Crippen LogP contribution in [0.2, 0.25) is 10.0 Å². The van der Waals surface area contributed by atoms with Crippen LogP contribution in [0, 0.1) is 0 Å². The third-order valence-electron chi connectivity index (χ3n) is 4.08. The Labute approximate surface area is 175 Å². The van der Waals surface area contributed by atoms with Crippen molar-refractivity contribution < 1.29 is 22.6 Å². The molecule has 1 aromatic heterocycles. The molecule has 1 heterocycles. The molecule has 0 fully saturated rings. The molecule has 0 radical (unpaired) electrons. The van der Waals surface area contributed by atoms with Crippen molar-refractivity contribution in [1.29, 1.82) is 0 Å². The molecule has 0 bridgehead atoms. The normalized spacial score (nSPS) is 12.7. The van der Waals surface area contributed by atoms with Crippen LogP contribution in [-0.2, 0) is 24.1 Å². The molecule has 0 saturated heterocycles. The van der Waals surface area contributed by atoms with Gasteiger partial charge in [0.15, 0.2) is 0 Å². The summed E-state index contributed by atoms with van der Waals surface area (Å²) in [7, 11) is 0. The molecule has 0 aliphatic rings. The maximum atomic E-state index is 12.7. The number of hydrogen-bond acceptors (Lipinski definition) is 3. The fraction of sp³-hybridized carbons (Fsp3) is 0.250. The van der Waals surface area contributed by atoms with E-state index >= 15 is 0 Å². The molecule has 0 spiro atoms. The maximum absolute atomic E-state index is 12.7. The molecule has 29 heavy (non-hydrogen) atoms. The van der Waals surface area contributed by atoms with Crippen molar-refractivity contribution in [1.82, 2.24) is 9.55 Å². The summed E-state index contributed by atoms with van der Waals surface area (Å²) >= 11 is 12.1. The average Bonchev–Trinajstić information content (AvgIpc) is 3.18. The lowest BCUT2D eigenvalue weighted by Crippen LogP contribution is -2.27. The summed E-state index contributed by atoms with van der Waals surface area (Å²) in [6.07, 6.45) is 0.291. The first kappa shape index (κ1) is 21.5. The standard InChI is InChI=1S/C20H17Cl2F3N2O2/c21-16-4-1-14(19(22)9-16)11-28-18(10-27-8-7-26-13-27)12-29-17-5-2-15(3-6-17)20(23,24)25/h1-9,13,18H,10-12H2. The van der Waals surface area contributed by atoms with E-state index in [2.05, 4.69) is 4.98 Å². The van der Waals surface area contributed by atoms with Gasteiger partial charge in [-0.05, 0) is 42.0 Å². The van der Waals surface area contributed by atoms with Gasteiger partial charge < -0.3 is 14.0 Å². The summed E-state index contributed by atoms with van der Waals surface area (Å²) < 4.78 is 51.4. The minimum atomic E-state index is -4.39. The molecule has 0 N–H and O–H groups in total. The zero-order valence-corrected chi connectivity index (χ0v) is 16.6. The van der Waals surface area contributed by atoms with Crippen molar-refractivity contribution in [3.63, 3.8) is 0 Å². The number of ether oxygens (including phenoxy) is 2. The van der Waals surface area contributed by atoms with E-state index in [1.165, 1.54) is 12.1 Å². The fourth-order valence-electron chi connectivity index (χ4n) is 2.56. The Hall–Kier alpha value is -2.22. The molecule has 0 aliphatic heterocycles. The Morgan fingerprint density at radius 3 is 2.45 bits per heavy atom. The molecule has 3 aromatic rings. The molecule has 154 valence electrons. The second-order valence-corrected chi connectivity index (χ2v) is 7.10. The molecular formula is C20H17Cl2F3N2O2. The molecular weight excluding hydrogens is 428 g/mol. The van der Waals surface area contributed by atoms with Gasteiger partial charge in [-0.1, -0.05) is 29.3 Å². The van der Waals surface area contributed by atoms with Crippen molar-refractivity contribution in [2.45, 2.75) is 25.4 Å². The molecule has 3 rings (SSSR count). The second kappa shape index (κ2) is 9.52. The van der Waals surface area contributed by atoms with Gasteiger partial charge in [-0.2, -0.15) is 13.2 Å². The highest BCUT2D eigenvalue weighted by molar-refractivity contribution is 6.35. The van der Waals surface area contributed by atoms with Crippen molar-refractivity contribution in [2.75, 3.05) is 6.61 Å². The number of imidazole rings is 1. The fourth-order valence-corrected chi connectivity index (χ4v) is 3.02. The second-order valence-electron chi connectivity index (χ2n) is 6.26. The zero-order chi connectivity index (χ0) is 20.9. The van der Waals surface area contributed by atoms with Gasteiger partial charge in [-0.25, -0.2) is 4.98 Å². The summed E-state index contributed by atoms with van der Waals surface area (Å²) in [4.78, 5) is 3.99. The molecule has 0 aliphatic carbocycles. The molecule has 4 nitrogen and oxygen atoms in total. The predicted octanol–water partition coefficient (Wildman–Crippen LogP) is 5.87. The van der Waals surface area contributed by atoms with Crippen molar-refractivity contribution >= 4 is 23.2 Å². The number of benzene rings is 2. The summed E-state index contributed by atoms with van der Waals surface area (Å²) in [5.41, 5.74) is 0.0367. The Morgan fingerprint density at radius 2 is 1.83 bits per heavy atom. The average molecular weight is 445 g/mol. The van der Waals surface area contributed by atoms with Gasteiger partial charge in [0.25, 0.3) is 0 Å². The van der Waals surface area contributed by atoms with Gasteiger partial charge in [0.05, 0.1) is 25.0 Å². The van der Waals surface area contributed by atoms with Gasteiger partial charge in [-0.3, -0.25) is 0 Å². The number of halogens is 5. The van der Waals surface area contributed by atoms with Crippen LogP contribution in [-0.4, -0.2) is 22.3 Å². The molecule has 2 aromatic carbocycles. The molecule has 1 unspecified atom stereocenters. The van der Waals surface area contributed by atoms with Gasteiger partial charge in [0.1, 0.15) is 18.5 Å². The van der Waals surface area contributed by atoms with E-state index < -0.39 is 17.8 Å². The van der Waals surface area contributed by atoms with Crippen molar-refractivity contribution in [2.24, 2.45) is 0 Å². The first-order valence-electron chi connectivity index (χ1n) is 8.62. The van der Waals surface area contributed by atoms with Crippen LogP contribution < -0.4 is 4.74 Å². The summed E-state index contributed by atoms with van der Waals surface area (Å²) in [6.45, 7) is 0.812. The predicted molar refractivity (Wildman–Crippen MR) is 104 cm³/mol. The Balaban J connectivity index is 1.63. The Kier molecular flexibility index (Phi) is 7.05. The van der Waals surface area contributed by atoms with E-state index in [1.54, 1.807) is 36.9 Å². The lowest BCUT2D eigenvalue weighted by Gasteiger charge is -2.20. The van der Waals surface area contributed by atoms with Crippen molar-refractivity contribution in [3.8, 4) is 5.75 Å². The van der Waals surface area contributed by atoms with E-state index in [0.717, 1.165) is 17.7 Å². The third kappa shape index (κ3) is 6.39. The van der Waals surface area contributed by atoms with Crippen molar-refractivity contribution in [3.05, 3.63) is 82.4 Å². The molecule has 0 saturated carbocycles. The van der Waals surface area contributed by atoms with Crippen LogP contribution in [0.3, 0.4) is 0 Å². The van der Waals surface area contributed by atoms with Gasteiger partial charge in [0.2, 0.25) is 0 Å². The van der Waals surface area contributed by atoms with Crippen LogP contribution in [0.4, 0.5) is 13.2 Å². The number of rotatable bonds is 8. The Morgan fingerprint density at radius 1 is 1.07 bits per heavy atom. The van der Waals surface area contributed by atoms with Crippen LogP contribution in [0.1, 0.15) is 11.1 Å². The third-order valence-corrected chi connectivity index (χ3v) is 4.67. The number of alkyl halides is 3. The van der Waals surface area contributed by atoms with Gasteiger partial charge in [-0.15, -0.1) is 0 Å². The van der Waals surface area contributed by atoms with E-state index in [1.807, 2.05) is 4.57 Å². The quantitative estimate of drug-likeness (QED) is 0.435. The first-order valence-corrected chi connectivity index (χ1v) is 9.38. The smallest absolute Gasteiger partial charge is 0.416 e. The van der Waals surface area contributed by atoms with E-state index in [9.17, 15) is 13.2 Å². The molecule has 0 amide bonds. The van der Waals surface area contributed by atoms with Gasteiger partial charge in [0, 0.05) is 22.4 Å². The highest BCUT2D eigenvalue weighted by atomic mass is 35.5. The minimum Gasteiger partial charge on any atom is -0.491 e. The lowest BCUT2D eigenvalue weighted by molar-refractivity contribution is -0.137. The highest BCUT2D eigenvalue weighted by Crippen LogP contribution is 2.30. The maximum Gasteiger partial charge on any atom is 0.416 e. The minimum absolute atomic E-state index is 0.134. The number of aromatic nitrogens is 2. The summed E-state index contributed by atoms with van der Waals surface area (Å²) in [6, 6.07) is 9.65. The Bertz CT molecular complexity index is 916. The van der Waals surface area contributed by atoms with E-state index in [-0.39, 0.29) is 13.2 Å².